The number of nitrogens with zero attached hydrogens (tertiary/aromatic N) is 2. The Bertz CT molecular complexity index is 450. The molecule has 0 aliphatic carbocycles. The van der Waals surface area contributed by atoms with Gasteiger partial charge in [-0.2, -0.15) is 0 Å². The number of ether oxygens (including phenoxy) is 1. The van der Waals surface area contributed by atoms with Crippen molar-refractivity contribution in [2.75, 3.05) is 40.3 Å². The van der Waals surface area contributed by atoms with Crippen LogP contribution in [0.5, 0.6) is 5.75 Å². The van der Waals surface area contributed by atoms with Gasteiger partial charge in [-0.25, -0.2) is 0 Å². The third-order valence-corrected chi connectivity index (χ3v) is 3.70. The maximum absolute atomic E-state index is 5.36. The van der Waals surface area contributed by atoms with Gasteiger partial charge in [0.25, 0.3) is 0 Å². The molecule has 0 amide bonds. The summed E-state index contributed by atoms with van der Waals surface area (Å²) in [5.74, 6) is 1.72. The molecule has 0 bridgehead atoms. The number of benzene rings is 1. The molecular formula is C17H31IN4O. The predicted molar refractivity (Wildman–Crippen MR) is 109 cm³/mol. The van der Waals surface area contributed by atoms with E-state index in [2.05, 4.69) is 40.4 Å². The average molecular weight is 434 g/mol. The van der Waals surface area contributed by atoms with Crippen molar-refractivity contribution in [2.24, 2.45) is 4.99 Å². The van der Waals surface area contributed by atoms with E-state index >= 15 is 0 Å². The molecule has 0 heterocycles. The number of aliphatic imine (C=N–C) groups is 1. The molecule has 132 valence electrons. The lowest BCUT2D eigenvalue weighted by Gasteiger charge is -2.18. The fourth-order valence-electron chi connectivity index (χ4n) is 2.30. The second-order valence-electron chi connectivity index (χ2n) is 5.04. The fourth-order valence-corrected chi connectivity index (χ4v) is 2.30. The number of rotatable bonds is 9. The van der Waals surface area contributed by atoms with Gasteiger partial charge in [0.2, 0.25) is 0 Å². The molecule has 0 aromatic heterocycles. The topological polar surface area (TPSA) is 48.9 Å². The third-order valence-electron chi connectivity index (χ3n) is 3.70. The van der Waals surface area contributed by atoms with Crippen LogP contribution in [0.3, 0.4) is 0 Å². The zero-order valence-electron chi connectivity index (χ0n) is 14.8. The number of halogens is 1. The molecule has 5 nitrogen and oxygen atoms in total. The molecule has 0 saturated heterocycles. The van der Waals surface area contributed by atoms with E-state index in [9.17, 15) is 0 Å². The first-order chi connectivity index (χ1) is 10.7. The van der Waals surface area contributed by atoms with Crippen molar-refractivity contribution in [3.8, 4) is 5.75 Å². The Hall–Kier alpha value is -1.02. The molecule has 2 N–H and O–H groups in total. The van der Waals surface area contributed by atoms with Gasteiger partial charge in [-0.3, -0.25) is 4.99 Å². The molecule has 1 aromatic carbocycles. The lowest BCUT2D eigenvalue weighted by molar-refractivity contribution is 0.300. The zero-order chi connectivity index (χ0) is 16.2. The molecule has 0 aliphatic heterocycles. The normalized spacial score (nSPS) is 11.1. The van der Waals surface area contributed by atoms with Crippen LogP contribution in [-0.2, 0) is 6.54 Å². The number of nitrogens with one attached hydrogen (secondary N) is 2. The maximum Gasteiger partial charge on any atom is 0.191 e. The molecule has 23 heavy (non-hydrogen) atoms. The van der Waals surface area contributed by atoms with Crippen molar-refractivity contribution in [3.63, 3.8) is 0 Å². The number of guanidine groups is 1. The number of para-hydroxylation sites is 1. The Kier molecular flexibility index (Phi) is 12.8. The minimum Gasteiger partial charge on any atom is -0.496 e. The van der Waals surface area contributed by atoms with Gasteiger partial charge in [0.05, 0.1) is 7.11 Å². The molecule has 0 saturated carbocycles. The van der Waals surface area contributed by atoms with Crippen molar-refractivity contribution in [2.45, 2.75) is 26.8 Å². The molecule has 0 aliphatic rings. The fraction of sp³-hybridized carbons (Fsp3) is 0.588. The van der Waals surface area contributed by atoms with Crippen molar-refractivity contribution in [1.29, 1.82) is 0 Å². The van der Waals surface area contributed by atoms with Gasteiger partial charge in [-0.05, 0) is 32.1 Å². The summed E-state index contributed by atoms with van der Waals surface area (Å²) in [7, 11) is 3.49. The Morgan fingerprint density at radius 2 is 1.87 bits per heavy atom. The minimum absolute atomic E-state index is 0. The summed E-state index contributed by atoms with van der Waals surface area (Å²) in [6.07, 6.45) is 1.11. The Balaban J connectivity index is 0.00000484. The van der Waals surface area contributed by atoms with Gasteiger partial charge in [-0.15, -0.1) is 24.0 Å². The molecule has 1 aromatic rings. The average Bonchev–Trinajstić information content (AvgIpc) is 2.58. The Morgan fingerprint density at radius 1 is 1.17 bits per heavy atom. The van der Waals surface area contributed by atoms with Gasteiger partial charge in [0.15, 0.2) is 5.96 Å². The highest BCUT2D eigenvalue weighted by atomic mass is 127. The minimum atomic E-state index is 0. The van der Waals surface area contributed by atoms with Crippen LogP contribution in [0.25, 0.3) is 0 Å². The van der Waals surface area contributed by atoms with Gasteiger partial charge in [0, 0.05) is 25.7 Å². The Morgan fingerprint density at radius 3 is 2.48 bits per heavy atom. The van der Waals surface area contributed by atoms with Crippen molar-refractivity contribution in [1.82, 2.24) is 15.5 Å². The highest BCUT2D eigenvalue weighted by Crippen LogP contribution is 2.16. The molecule has 0 fully saturated rings. The van der Waals surface area contributed by atoms with Crippen LogP contribution >= 0.6 is 24.0 Å². The molecule has 0 spiro atoms. The highest BCUT2D eigenvalue weighted by Gasteiger charge is 2.03. The summed E-state index contributed by atoms with van der Waals surface area (Å²) in [6.45, 7) is 9.34. The lowest BCUT2D eigenvalue weighted by Crippen LogP contribution is -2.38. The monoisotopic (exact) mass is 434 g/mol. The Labute approximate surface area is 157 Å². The molecule has 0 atom stereocenters. The van der Waals surface area contributed by atoms with Crippen LogP contribution in [-0.4, -0.2) is 51.2 Å². The van der Waals surface area contributed by atoms with Crippen LogP contribution in [0, 0.1) is 0 Å². The molecule has 1 rings (SSSR count). The van der Waals surface area contributed by atoms with E-state index in [0.29, 0.717) is 6.54 Å². The van der Waals surface area contributed by atoms with Crippen LogP contribution in [0.4, 0.5) is 0 Å². The quantitative estimate of drug-likeness (QED) is 0.272. The van der Waals surface area contributed by atoms with Crippen molar-refractivity contribution in [3.05, 3.63) is 29.8 Å². The summed E-state index contributed by atoms with van der Waals surface area (Å²) in [5, 5.41) is 6.67. The van der Waals surface area contributed by atoms with Crippen LogP contribution in [0.2, 0.25) is 0 Å². The first-order valence-electron chi connectivity index (χ1n) is 8.03. The van der Waals surface area contributed by atoms with Crippen LogP contribution in [0.1, 0.15) is 25.8 Å². The standard InChI is InChI=1S/C17H30N4O.HI/c1-5-21(6-2)13-9-12-19-17(18-3)20-14-15-10-7-8-11-16(15)22-4;/h7-8,10-11H,5-6,9,12-14H2,1-4H3,(H2,18,19,20);1H. The SMILES string of the molecule is CCN(CC)CCCNC(=NC)NCc1ccccc1OC.I. The first-order valence-corrected chi connectivity index (χ1v) is 8.03. The van der Waals surface area contributed by atoms with E-state index in [4.69, 9.17) is 4.74 Å². The highest BCUT2D eigenvalue weighted by molar-refractivity contribution is 14.0. The van der Waals surface area contributed by atoms with Crippen molar-refractivity contribution < 1.29 is 4.74 Å². The largest absolute Gasteiger partial charge is 0.496 e. The van der Waals surface area contributed by atoms with Crippen molar-refractivity contribution >= 4 is 29.9 Å². The van der Waals surface area contributed by atoms with Gasteiger partial charge < -0.3 is 20.3 Å². The second kappa shape index (κ2) is 13.4. The number of hydrogen-bond acceptors (Lipinski definition) is 3. The molecule has 6 heteroatoms. The van der Waals surface area contributed by atoms with Gasteiger partial charge in [0.1, 0.15) is 5.75 Å². The smallest absolute Gasteiger partial charge is 0.191 e. The molecule has 0 radical (unpaired) electrons. The van der Waals surface area contributed by atoms with Gasteiger partial charge in [-0.1, -0.05) is 32.0 Å². The number of methoxy groups -OCH3 is 1. The number of hydrogen-bond donors (Lipinski definition) is 2. The van der Waals surface area contributed by atoms with Gasteiger partial charge >= 0.3 is 0 Å². The summed E-state index contributed by atoms with van der Waals surface area (Å²) < 4.78 is 5.36. The van der Waals surface area contributed by atoms with E-state index < -0.39 is 0 Å². The van der Waals surface area contributed by atoms with Crippen LogP contribution < -0.4 is 15.4 Å². The first kappa shape index (κ1) is 22.0. The third kappa shape index (κ3) is 8.41. The van der Waals surface area contributed by atoms with E-state index in [0.717, 1.165) is 49.9 Å². The summed E-state index contributed by atoms with van der Waals surface area (Å²) in [6, 6.07) is 8.01. The molecule has 0 unspecified atom stereocenters. The van der Waals surface area contributed by atoms with E-state index in [1.165, 1.54) is 0 Å². The summed E-state index contributed by atoms with van der Waals surface area (Å²) in [5.41, 5.74) is 1.12. The predicted octanol–water partition coefficient (Wildman–Crippen LogP) is 2.71. The van der Waals surface area contributed by atoms with E-state index in [1.807, 2.05) is 18.2 Å². The lowest BCUT2D eigenvalue weighted by atomic mass is 10.2. The van der Waals surface area contributed by atoms with Crippen LogP contribution in [0.15, 0.2) is 29.3 Å². The zero-order valence-corrected chi connectivity index (χ0v) is 17.1. The second-order valence-corrected chi connectivity index (χ2v) is 5.04. The summed E-state index contributed by atoms with van der Waals surface area (Å²) in [4.78, 5) is 6.68. The molecular weight excluding hydrogens is 403 g/mol. The summed E-state index contributed by atoms with van der Waals surface area (Å²) >= 11 is 0. The van der Waals surface area contributed by atoms with E-state index in [-0.39, 0.29) is 24.0 Å². The maximum atomic E-state index is 5.36. The van der Waals surface area contributed by atoms with E-state index in [1.54, 1.807) is 14.2 Å².